The Kier molecular flexibility index (Phi) is 30.8. The molecule has 0 unspecified atom stereocenters. The Hall–Kier alpha value is -10.7. The number of ether oxygens (including phenoxy) is 4. The molecule has 4 bridgehead atoms. The number of anilines is 6. The molecule has 16 N–H and O–H groups in total. The molecule has 5 aromatic rings. The number of hydrogen-bond donors (Lipinski definition) is 15. The third-order valence-corrected chi connectivity index (χ3v) is 16.3. The van der Waals surface area contributed by atoms with Crippen molar-refractivity contribution in [3.05, 3.63) is 148 Å². The second-order valence-electron chi connectivity index (χ2n) is 22.3. The molecule has 1 aliphatic rings. The van der Waals surface area contributed by atoms with Crippen LogP contribution >= 0.6 is 0 Å². The number of fused-ring (bicyclic) bond motifs is 6. The van der Waals surface area contributed by atoms with Gasteiger partial charge in [0.25, 0.3) is 5.91 Å². The van der Waals surface area contributed by atoms with Crippen LogP contribution in [0.5, 0.6) is 0 Å². The summed E-state index contributed by atoms with van der Waals surface area (Å²) < 4.78 is 22.0. The predicted molar refractivity (Wildman–Crippen MR) is 374 cm³/mol. The normalized spacial score (nSPS) is 12.8. The number of nitrogens with two attached hydrogens (primary N) is 1. The minimum absolute atomic E-state index is 0.0241. The molecule has 5 aromatic carbocycles. The number of primary amides is 1. The first-order valence-electron chi connectivity index (χ1n) is 32.9. The zero-order valence-corrected chi connectivity index (χ0v) is 56.9. The fourth-order valence-corrected chi connectivity index (χ4v) is 12.0. The lowest BCUT2D eigenvalue weighted by Gasteiger charge is -2.27. The molecule has 0 saturated carbocycles. The monoisotopic (exact) mass is 1370 g/mol. The van der Waals surface area contributed by atoms with Gasteiger partial charge in [-0.15, -0.1) is 0 Å². The van der Waals surface area contributed by atoms with Gasteiger partial charge in [0.1, 0.15) is 0 Å². The third-order valence-electron chi connectivity index (χ3n) is 16.3. The van der Waals surface area contributed by atoms with E-state index in [0.29, 0.717) is 94.7 Å². The Morgan fingerprint density at radius 1 is 0.465 bits per heavy atom. The van der Waals surface area contributed by atoms with Crippen molar-refractivity contribution in [3.8, 4) is 0 Å². The van der Waals surface area contributed by atoms with E-state index in [-0.39, 0.29) is 116 Å². The minimum atomic E-state index is -1.29. The minimum Gasteiger partial charge on any atom is -0.478 e. The zero-order valence-electron chi connectivity index (χ0n) is 56.9. The van der Waals surface area contributed by atoms with Crippen molar-refractivity contribution in [3.63, 3.8) is 0 Å². The summed E-state index contributed by atoms with van der Waals surface area (Å²) in [7, 11) is 0. The average Bonchev–Trinajstić information content (AvgIpc) is 0.779. The molecule has 0 aromatic heterocycles. The van der Waals surface area contributed by atoms with Gasteiger partial charge in [-0.2, -0.15) is 0 Å². The topological polar surface area (TPSA) is 450 Å². The maximum atomic E-state index is 14.5. The summed E-state index contributed by atoms with van der Waals surface area (Å²) >= 11 is 0. The molecule has 1 aliphatic heterocycles. The molecule has 532 valence electrons. The Bertz CT molecular complexity index is 3800. The van der Waals surface area contributed by atoms with Crippen molar-refractivity contribution in [1.29, 1.82) is 0 Å². The number of carbonyl (C=O) groups excluding carboxylic acids is 7. The van der Waals surface area contributed by atoms with Gasteiger partial charge in [0, 0.05) is 56.3 Å². The molecule has 0 spiro atoms. The number of hydrogen-bond acceptors (Lipinski definition) is 14. The molecule has 6 rings (SSSR count). The predicted octanol–water partition coefficient (Wildman–Crippen LogP) is 9.54. The number of carboxylic acid groups (broad SMARTS) is 2. The van der Waals surface area contributed by atoms with Crippen molar-refractivity contribution in [2.75, 3.05) is 97.8 Å². The van der Waals surface area contributed by atoms with Gasteiger partial charge in [0.15, 0.2) is 0 Å². The summed E-state index contributed by atoms with van der Waals surface area (Å²) in [5.41, 5.74) is 23.5. The van der Waals surface area contributed by atoms with Crippen molar-refractivity contribution >= 4 is 88.2 Å². The van der Waals surface area contributed by atoms with Gasteiger partial charge in [-0.3, -0.25) is 4.79 Å². The van der Waals surface area contributed by atoms with Gasteiger partial charge in [-0.1, -0.05) is 53.6 Å². The SMILES string of the molecule is CCc1c(CC)c2c(CC)c(c1CC)CNC(=O)Nc1cc(C(=O)NCCOCCOCCOCCOCCN=[N+]=[N-])ccc1NC(=O)NCc1c(CC)c(CNC(=O)Nc3ccc(C(=O)O)cc3NC(N)=O)c(CC)c(c1CC)CNC(=O)Nc1ccc(C(=O)O)cc1NC(=O)NC2. The molecule has 0 saturated heterocycles. The summed E-state index contributed by atoms with van der Waals surface area (Å²) in [6, 6.07) is 7.33. The van der Waals surface area contributed by atoms with Crippen molar-refractivity contribution < 1.29 is 72.3 Å². The molecule has 13 amide bonds. The van der Waals surface area contributed by atoms with Crippen LogP contribution in [0.3, 0.4) is 0 Å². The summed E-state index contributed by atoms with van der Waals surface area (Å²) in [6.45, 7) is 16.1. The Morgan fingerprint density at radius 2 is 0.848 bits per heavy atom. The fraction of sp³-hybridized carbons (Fsp3) is 0.426. The van der Waals surface area contributed by atoms with Crippen LogP contribution in [0.15, 0.2) is 59.7 Å². The number of urea groups is 6. The molecule has 0 atom stereocenters. The van der Waals surface area contributed by atoms with Gasteiger partial charge in [0.2, 0.25) is 0 Å². The van der Waals surface area contributed by atoms with Gasteiger partial charge in [-0.05, 0) is 172 Å². The molecule has 99 heavy (non-hydrogen) atoms. The van der Waals surface area contributed by atoms with Crippen molar-refractivity contribution in [2.24, 2.45) is 10.8 Å². The van der Waals surface area contributed by atoms with Crippen molar-refractivity contribution in [2.45, 2.75) is 126 Å². The van der Waals surface area contributed by atoms with E-state index in [2.05, 4.69) is 73.8 Å². The highest BCUT2D eigenvalue weighted by Crippen LogP contribution is 2.34. The zero-order chi connectivity index (χ0) is 72.0. The highest BCUT2D eigenvalue weighted by Gasteiger charge is 2.27. The van der Waals surface area contributed by atoms with Crippen LogP contribution in [-0.2, 0) is 96.6 Å². The van der Waals surface area contributed by atoms with Crippen LogP contribution in [-0.4, -0.2) is 130 Å². The number of rotatable bonds is 29. The van der Waals surface area contributed by atoms with E-state index in [1.807, 2.05) is 48.5 Å². The summed E-state index contributed by atoms with van der Waals surface area (Å²) in [4.78, 5) is 124. The second-order valence-corrected chi connectivity index (χ2v) is 22.3. The van der Waals surface area contributed by atoms with E-state index in [1.165, 1.54) is 48.5 Å². The average molecular weight is 1370 g/mol. The first-order valence-corrected chi connectivity index (χ1v) is 32.9. The van der Waals surface area contributed by atoms with Crippen LogP contribution in [0.25, 0.3) is 10.4 Å². The van der Waals surface area contributed by atoms with Crippen LogP contribution in [0, 0.1) is 0 Å². The number of azide groups is 1. The third kappa shape index (κ3) is 22.2. The van der Waals surface area contributed by atoms with Gasteiger partial charge in [-0.25, -0.2) is 38.4 Å². The lowest BCUT2D eigenvalue weighted by molar-refractivity contribution is -0.000572. The van der Waals surface area contributed by atoms with Crippen LogP contribution in [0.2, 0.25) is 0 Å². The summed E-state index contributed by atoms with van der Waals surface area (Å²) in [5.74, 6) is -3.08. The highest BCUT2D eigenvalue weighted by atomic mass is 16.6. The first-order chi connectivity index (χ1) is 47.7. The fourth-order valence-electron chi connectivity index (χ4n) is 12.0. The molecule has 31 nitrogen and oxygen atoms in total. The number of carbonyl (C=O) groups is 9. The standard InChI is InChI=1S/C68H90N16O15/c1-8-42-43(9-2)49-34-75-67(94)82-58-31-39(60(85)71-21-23-96-25-27-98-29-30-99-28-26-97-24-22-77-84-70)15-18-55(58)80-65(92)73-37-52-46(12-5)51(36-72-64(91)79-54-19-16-40(61(86)87)32-57(54)78-63(69)90)47(13-6)53(48(52)14-7)38-74-66(93)81-56-20-17-41(62(88)89)33-59(56)83-68(95)76-35-50(44(42)10-3)45(49)11-4/h15-20,31-33H,8-14,21-30,34-38H2,1-7H3,(H,71,85)(H,86,87)(H,88,89)(H3,69,78,90)(H2,72,79,91)(H2,73,80,92)(H2,74,81,93)(H2,75,82,94)(H2,76,83,95). The molecular weight excluding hydrogens is 1280 g/mol. The number of nitrogens with zero attached hydrogens (tertiary/aromatic N) is 3. The van der Waals surface area contributed by atoms with Crippen LogP contribution in [0.4, 0.5) is 62.9 Å². The molecule has 0 fully saturated rings. The molecule has 31 heteroatoms. The smallest absolute Gasteiger partial charge is 0.335 e. The number of aromatic carboxylic acids is 2. The molecule has 0 aliphatic carbocycles. The van der Waals surface area contributed by atoms with Gasteiger partial charge in [0.05, 0.1) is 98.1 Å². The Labute approximate surface area is 573 Å². The lowest BCUT2D eigenvalue weighted by atomic mass is 9.82. The maximum absolute atomic E-state index is 14.5. The van der Waals surface area contributed by atoms with Gasteiger partial charge < -0.3 is 98.7 Å². The summed E-state index contributed by atoms with van der Waals surface area (Å²) in [6.07, 6.45) is 3.49. The van der Waals surface area contributed by atoms with Crippen LogP contribution < -0.4 is 69.5 Å². The second kappa shape index (κ2) is 39.5. The van der Waals surface area contributed by atoms with E-state index in [9.17, 15) is 53.4 Å². The number of nitrogens with one attached hydrogen (secondary N) is 12. The van der Waals surface area contributed by atoms with Crippen LogP contribution in [0.1, 0.15) is 146 Å². The van der Waals surface area contributed by atoms with E-state index < -0.39 is 54.0 Å². The molecule has 0 radical (unpaired) electrons. The van der Waals surface area contributed by atoms with E-state index >= 15 is 0 Å². The number of amides is 13. The van der Waals surface area contributed by atoms with E-state index in [4.69, 9.17) is 30.2 Å². The van der Waals surface area contributed by atoms with E-state index in [1.54, 1.807) is 0 Å². The number of benzene rings is 5. The summed E-state index contributed by atoms with van der Waals surface area (Å²) in [5, 5.41) is 56.9. The largest absolute Gasteiger partial charge is 0.478 e. The van der Waals surface area contributed by atoms with Crippen molar-refractivity contribution in [1.82, 2.24) is 31.9 Å². The number of carboxylic acids is 2. The Morgan fingerprint density at radius 3 is 1.27 bits per heavy atom. The molecule has 1 heterocycles. The highest BCUT2D eigenvalue weighted by molar-refractivity contribution is 6.04. The quantitative estimate of drug-likeness (QED) is 0.00917. The first kappa shape index (κ1) is 77.3. The lowest BCUT2D eigenvalue weighted by Crippen LogP contribution is -2.34. The Balaban J connectivity index is 1.36. The van der Waals surface area contributed by atoms with Gasteiger partial charge >= 0.3 is 48.1 Å². The maximum Gasteiger partial charge on any atom is 0.335 e. The van der Waals surface area contributed by atoms with E-state index in [0.717, 1.165) is 56.1 Å². The molecular formula is C68H90N16O15.